The highest BCUT2D eigenvalue weighted by Crippen LogP contribution is 2.32. The number of piperidine rings is 1. The molecule has 11 heteroatoms. The molecule has 0 unspecified atom stereocenters. The minimum atomic E-state index is -0.458. The van der Waals surface area contributed by atoms with Crippen molar-refractivity contribution >= 4 is 45.4 Å². The number of hydrogen-bond acceptors (Lipinski definition) is 7. The van der Waals surface area contributed by atoms with Crippen molar-refractivity contribution < 1.29 is 14.3 Å². The molecule has 2 fully saturated rings. The van der Waals surface area contributed by atoms with Crippen LogP contribution in [-0.2, 0) is 11.8 Å². The van der Waals surface area contributed by atoms with Crippen LogP contribution in [0.15, 0.2) is 65.8 Å². The van der Waals surface area contributed by atoms with Crippen molar-refractivity contribution in [1.29, 1.82) is 0 Å². The second-order valence-corrected chi connectivity index (χ2v) is 11.3. The van der Waals surface area contributed by atoms with Gasteiger partial charge in [-0.15, -0.1) is 0 Å². The fourth-order valence-corrected chi connectivity index (χ4v) is 6.02. The lowest BCUT2D eigenvalue weighted by Crippen LogP contribution is -2.49. The Morgan fingerprint density at radius 1 is 1.02 bits per heavy atom. The van der Waals surface area contributed by atoms with Gasteiger partial charge in [0.2, 0.25) is 11.9 Å². The van der Waals surface area contributed by atoms with E-state index in [2.05, 4.69) is 33.1 Å². The van der Waals surface area contributed by atoms with Crippen LogP contribution < -0.4 is 25.4 Å². The number of urea groups is 1. The second kappa shape index (κ2) is 11.5. The lowest BCUT2D eigenvalue weighted by molar-refractivity contribution is -0.120. The van der Waals surface area contributed by atoms with E-state index in [1.807, 2.05) is 42.7 Å². The maximum Gasteiger partial charge on any atom is 0.328 e. The zero-order valence-corrected chi connectivity index (χ0v) is 25.0. The smallest absolute Gasteiger partial charge is 0.328 e. The Morgan fingerprint density at radius 2 is 1.87 bits per heavy atom. The number of rotatable bonds is 4. The summed E-state index contributed by atoms with van der Waals surface area (Å²) < 4.78 is 7.06. The molecule has 0 atom stereocenters. The maximum atomic E-state index is 12.5. The summed E-state index contributed by atoms with van der Waals surface area (Å²) in [6.07, 6.45) is 7.52. The van der Waals surface area contributed by atoms with E-state index in [0.29, 0.717) is 29.4 Å². The fourth-order valence-electron chi connectivity index (χ4n) is 6.02. The molecule has 226 valence electrons. The van der Waals surface area contributed by atoms with Gasteiger partial charge in [0.1, 0.15) is 11.3 Å². The average molecular weight is 602 g/mol. The van der Waals surface area contributed by atoms with Crippen molar-refractivity contribution in [2.24, 2.45) is 13.0 Å². The van der Waals surface area contributed by atoms with Crippen LogP contribution in [0.5, 0.6) is 5.75 Å². The van der Waals surface area contributed by atoms with E-state index in [1.165, 1.54) is 4.90 Å². The summed E-state index contributed by atoms with van der Waals surface area (Å²) in [5.41, 5.74) is 4.75. The number of hydrogen-bond donors (Lipinski definition) is 2. The number of aromatic nitrogens is 4. The molecule has 2 N–H and O–H groups in total. The summed E-state index contributed by atoms with van der Waals surface area (Å²) >= 11 is 0. The molecule has 0 saturated carbocycles. The van der Waals surface area contributed by atoms with Gasteiger partial charge in [-0.05, 0) is 54.8 Å². The van der Waals surface area contributed by atoms with Crippen LogP contribution in [0.1, 0.15) is 24.8 Å². The van der Waals surface area contributed by atoms with E-state index in [9.17, 15) is 14.4 Å². The fraction of sp³-hybridized carbons (Fsp3) is 0.265. The van der Waals surface area contributed by atoms with Crippen LogP contribution in [0.25, 0.3) is 32.9 Å². The Hall–Kier alpha value is -5.63. The maximum absolute atomic E-state index is 12.5. The lowest BCUT2D eigenvalue weighted by Gasteiger charge is -2.30. The molecule has 0 aliphatic carbocycles. The summed E-state index contributed by atoms with van der Waals surface area (Å²) in [6, 6.07) is 13.1. The second-order valence-electron chi connectivity index (χ2n) is 11.3. The van der Waals surface area contributed by atoms with Gasteiger partial charge in [-0.1, -0.05) is 17.9 Å². The van der Waals surface area contributed by atoms with Crippen LogP contribution in [0.3, 0.4) is 0 Å². The van der Waals surface area contributed by atoms with E-state index in [0.717, 1.165) is 58.9 Å². The summed E-state index contributed by atoms with van der Waals surface area (Å²) in [7, 11) is 3.31. The molecule has 11 nitrogen and oxygen atoms in total. The first-order valence-electron chi connectivity index (χ1n) is 14.9. The number of amides is 3. The zero-order valence-electron chi connectivity index (χ0n) is 25.0. The predicted octanol–water partition coefficient (Wildman–Crippen LogP) is 4.20. The van der Waals surface area contributed by atoms with Crippen LogP contribution in [0.2, 0.25) is 0 Å². The Bertz CT molecular complexity index is 2100. The molecule has 3 aromatic heterocycles. The summed E-state index contributed by atoms with van der Waals surface area (Å²) in [6.45, 7) is 1.88. The SMILES string of the molecule is COc1ccc(C#CC2CCN(c3ncc4cc(-c5cn(C)c(=O)c6[nH]ccc56)ccc4n3)CC2)cc1N1CCC(=O)NC1=O. The molecule has 2 aliphatic heterocycles. The Labute approximate surface area is 258 Å². The van der Waals surface area contributed by atoms with Gasteiger partial charge in [-0.25, -0.2) is 14.8 Å². The number of benzene rings is 2. The van der Waals surface area contributed by atoms with Gasteiger partial charge in [0, 0.05) is 79.5 Å². The summed E-state index contributed by atoms with van der Waals surface area (Å²) in [5.74, 6) is 7.89. The topological polar surface area (TPSA) is 125 Å². The molecule has 0 spiro atoms. The van der Waals surface area contributed by atoms with Crippen molar-refractivity contribution in [2.45, 2.75) is 19.3 Å². The minimum Gasteiger partial charge on any atom is -0.495 e. The van der Waals surface area contributed by atoms with Gasteiger partial charge >= 0.3 is 6.03 Å². The summed E-state index contributed by atoms with van der Waals surface area (Å²) in [4.78, 5) is 52.8. The molecule has 45 heavy (non-hydrogen) atoms. The van der Waals surface area contributed by atoms with E-state index in [1.54, 1.807) is 31.0 Å². The molecule has 0 bridgehead atoms. The molecular formula is C34H31N7O4. The van der Waals surface area contributed by atoms with E-state index in [-0.39, 0.29) is 23.8 Å². The number of H-pyrrole nitrogens is 1. The third-order valence-corrected chi connectivity index (χ3v) is 8.49. The number of nitrogens with one attached hydrogen (secondary N) is 2. The van der Waals surface area contributed by atoms with Gasteiger partial charge in [0.15, 0.2) is 0 Å². The van der Waals surface area contributed by atoms with Crippen molar-refractivity contribution in [3.05, 3.63) is 77.0 Å². The first-order chi connectivity index (χ1) is 21.9. The van der Waals surface area contributed by atoms with Gasteiger partial charge in [0.05, 0.1) is 18.3 Å². The van der Waals surface area contributed by atoms with E-state index >= 15 is 0 Å². The number of carbonyl (C=O) groups excluding carboxylic acids is 2. The molecule has 5 aromatic rings. The van der Waals surface area contributed by atoms with Crippen LogP contribution in [-0.4, -0.2) is 58.2 Å². The quantitative estimate of drug-likeness (QED) is 0.296. The molecule has 7 rings (SSSR count). The minimum absolute atomic E-state index is 0.0554. The van der Waals surface area contributed by atoms with E-state index < -0.39 is 6.03 Å². The number of methoxy groups -OCH3 is 1. The molecule has 2 aliphatic rings. The number of pyridine rings is 1. The highest BCUT2D eigenvalue weighted by Gasteiger charge is 2.27. The van der Waals surface area contributed by atoms with Crippen molar-refractivity contribution in [3.8, 4) is 28.7 Å². The average Bonchev–Trinajstić information content (AvgIpc) is 3.56. The Balaban J connectivity index is 1.04. The van der Waals surface area contributed by atoms with Crippen molar-refractivity contribution in [3.63, 3.8) is 0 Å². The number of ether oxygens (including phenoxy) is 1. The molecule has 2 aromatic carbocycles. The molecule has 5 heterocycles. The van der Waals surface area contributed by atoms with Crippen molar-refractivity contribution in [2.75, 3.05) is 36.5 Å². The number of carbonyl (C=O) groups is 2. The first kappa shape index (κ1) is 28.2. The largest absolute Gasteiger partial charge is 0.495 e. The Kier molecular flexibility index (Phi) is 7.17. The molecule has 3 amide bonds. The third kappa shape index (κ3) is 5.35. The number of anilines is 2. The number of nitrogens with zero attached hydrogens (tertiary/aromatic N) is 5. The predicted molar refractivity (Wildman–Crippen MR) is 172 cm³/mol. The highest BCUT2D eigenvalue weighted by atomic mass is 16.5. The number of fused-ring (bicyclic) bond motifs is 2. The van der Waals surface area contributed by atoms with E-state index in [4.69, 9.17) is 14.7 Å². The standard InChI is InChI=1S/C34H31N7O4/c1-39-20-26(25-9-13-35-31(25)32(39)43)23-6-7-27-24(18-23)19-36-33(37-27)40-14-10-21(11-15-40)3-4-22-5-8-29(45-2)28(17-22)41-16-12-30(42)38-34(41)44/h5-9,13,17-21,35H,10-12,14-16H2,1-2H3,(H,38,42,44). The molecular weight excluding hydrogens is 570 g/mol. The van der Waals surface area contributed by atoms with Crippen molar-refractivity contribution in [1.82, 2.24) is 24.8 Å². The molecule has 2 saturated heterocycles. The van der Waals surface area contributed by atoms with Gasteiger partial charge in [-0.3, -0.25) is 19.8 Å². The lowest BCUT2D eigenvalue weighted by atomic mass is 9.97. The number of aryl methyl sites for hydroxylation is 1. The zero-order chi connectivity index (χ0) is 31.1. The highest BCUT2D eigenvalue weighted by molar-refractivity contribution is 6.06. The van der Waals surface area contributed by atoms with Crippen LogP contribution >= 0.6 is 0 Å². The van der Waals surface area contributed by atoms with Crippen LogP contribution in [0.4, 0.5) is 16.4 Å². The molecule has 0 radical (unpaired) electrons. The summed E-state index contributed by atoms with van der Waals surface area (Å²) in [5, 5.41) is 4.18. The number of imide groups is 1. The Morgan fingerprint density at radius 3 is 2.67 bits per heavy atom. The normalized spacial score (nSPS) is 15.7. The van der Waals surface area contributed by atoms with Gasteiger partial charge < -0.3 is 19.2 Å². The third-order valence-electron chi connectivity index (χ3n) is 8.49. The number of aromatic amines is 1. The first-order valence-corrected chi connectivity index (χ1v) is 14.9. The van der Waals surface area contributed by atoms with Gasteiger partial charge in [0.25, 0.3) is 5.56 Å². The van der Waals surface area contributed by atoms with Gasteiger partial charge in [-0.2, -0.15) is 0 Å². The van der Waals surface area contributed by atoms with Crippen LogP contribution in [0, 0.1) is 17.8 Å². The monoisotopic (exact) mass is 601 g/mol.